The number of hydrogen-bond acceptors (Lipinski definition) is 4. The van der Waals surface area contributed by atoms with Gasteiger partial charge in [0, 0.05) is 30.7 Å². The van der Waals surface area contributed by atoms with Crippen LogP contribution < -0.4 is 4.74 Å². The third-order valence-corrected chi connectivity index (χ3v) is 7.17. The third-order valence-electron chi connectivity index (χ3n) is 4.82. The number of halogens is 4. The average Bonchev–Trinajstić information content (AvgIpc) is 3.03. The molecule has 2 amide bonds. The van der Waals surface area contributed by atoms with Crippen LogP contribution in [0.2, 0.25) is 15.1 Å². The van der Waals surface area contributed by atoms with Gasteiger partial charge in [-0.05, 0) is 59.8 Å². The van der Waals surface area contributed by atoms with Crippen molar-refractivity contribution in [2.24, 2.45) is 0 Å². The standard InChI is InChI=1S/C24H15BrCl3NO3S/c25-17-6-8-21(32-13-15-3-1-2-4-19(15)27)16(9-17)10-22-23(30)29(24(31)33-22)12-14-5-7-18(26)11-20(14)28/h1-11H,12-13H2/b22-10-. The summed E-state index contributed by atoms with van der Waals surface area (Å²) in [5.41, 5.74) is 2.13. The molecule has 4 nitrogen and oxygen atoms in total. The minimum Gasteiger partial charge on any atom is -0.488 e. The van der Waals surface area contributed by atoms with Crippen LogP contribution in [0.25, 0.3) is 6.08 Å². The molecule has 4 rings (SSSR count). The predicted octanol–water partition coefficient (Wildman–Crippen LogP) is 8.22. The van der Waals surface area contributed by atoms with Crippen molar-refractivity contribution in [3.05, 3.63) is 102 Å². The molecule has 0 radical (unpaired) electrons. The fourth-order valence-corrected chi connectivity index (χ4v) is 5.00. The summed E-state index contributed by atoms with van der Waals surface area (Å²) in [5.74, 6) is 0.165. The van der Waals surface area contributed by atoms with Crippen LogP contribution >= 0.6 is 62.5 Å². The van der Waals surface area contributed by atoms with Crippen LogP contribution in [0.15, 0.2) is 70.0 Å². The van der Waals surface area contributed by atoms with E-state index in [1.165, 1.54) is 0 Å². The van der Waals surface area contributed by atoms with E-state index in [-0.39, 0.29) is 18.4 Å². The molecule has 3 aromatic carbocycles. The highest BCUT2D eigenvalue weighted by Gasteiger charge is 2.35. The SMILES string of the molecule is O=C1S/C(=C\c2cc(Br)ccc2OCc2ccccc2Cl)C(=O)N1Cc1ccc(Cl)cc1Cl. The Balaban J connectivity index is 1.57. The maximum atomic E-state index is 13.0. The molecule has 3 aromatic rings. The van der Waals surface area contributed by atoms with Gasteiger partial charge in [-0.2, -0.15) is 0 Å². The molecule has 1 fully saturated rings. The highest BCUT2D eigenvalue weighted by atomic mass is 79.9. The van der Waals surface area contributed by atoms with E-state index >= 15 is 0 Å². The zero-order valence-corrected chi connectivity index (χ0v) is 21.5. The summed E-state index contributed by atoms with van der Waals surface area (Å²) >= 11 is 22.7. The summed E-state index contributed by atoms with van der Waals surface area (Å²) < 4.78 is 6.79. The van der Waals surface area contributed by atoms with Crippen molar-refractivity contribution >= 4 is 79.7 Å². The van der Waals surface area contributed by atoms with Crippen molar-refractivity contribution in [1.29, 1.82) is 0 Å². The second-order valence-electron chi connectivity index (χ2n) is 7.07. The summed E-state index contributed by atoms with van der Waals surface area (Å²) in [7, 11) is 0. The normalized spacial score (nSPS) is 14.9. The van der Waals surface area contributed by atoms with Gasteiger partial charge in [0.15, 0.2) is 0 Å². The first-order valence-corrected chi connectivity index (χ1v) is 12.4. The molecule has 1 saturated heterocycles. The Bertz CT molecular complexity index is 1280. The Kier molecular flexibility index (Phi) is 7.72. The lowest BCUT2D eigenvalue weighted by Gasteiger charge is -2.14. The zero-order chi connectivity index (χ0) is 23.5. The second kappa shape index (κ2) is 10.5. The van der Waals surface area contributed by atoms with Crippen LogP contribution in [0.4, 0.5) is 4.79 Å². The smallest absolute Gasteiger partial charge is 0.293 e. The molecule has 1 aliphatic heterocycles. The van der Waals surface area contributed by atoms with Crippen LogP contribution in [0.1, 0.15) is 16.7 Å². The minimum absolute atomic E-state index is 0.0619. The Labute approximate surface area is 218 Å². The van der Waals surface area contributed by atoms with Gasteiger partial charge in [0.05, 0.1) is 11.4 Å². The number of ether oxygens (including phenoxy) is 1. The molecule has 0 spiro atoms. The molecule has 33 heavy (non-hydrogen) atoms. The van der Waals surface area contributed by atoms with Crippen LogP contribution in [0, 0.1) is 0 Å². The van der Waals surface area contributed by atoms with Crippen molar-refractivity contribution in [2.45, 2.75) is 13.2 Å². The molecule has 0 saturated carbocycles. The summed E-state index contributed by atoms with van der Waals surface area (Å²) in [6.07, 6.45) is 1.65. The van der Waals surface area contributed by atoms with Gasteiger partial charge in [-0.15, -0.1) is 0 Å². The van der Waals surface area contributed by atoms with Crippen molar-refractivity contribution < 1.29 is 14.3 Å². The number of imide groups is 1. The van der Waals surface area contributed by atoms with Crippen molar-refractivity contribution in [2.75, 3.05) is 0 Å². The Hall–Kier alpha value is -1.96. The van der Waals surface area contributed by atoms with E-state index < -0.39 is 5.91 Å². The van der Waals surface area contributed by atoms with E-state index in [0.717, 1.165) is 26.7 Å². The van der Waals surface area contributed by atoms with Crippen LogP contribution in [-0.4, -0.2) is 16.0 Å². The molecule has 0 aromatic heterocycles. The van der Waals surface area contributed by atoms with E-state index in [2.05, 4.69) is 15.9 Å². The van der Waals surface area contributed by atoms with Gasteiger partial charge in [-0.1, -0.05) is 75.0 Å². The number of thioether (sulfide) groups is 1. The van der Waals surface area contributed by atoms with Gasteiger partial charge in [0.25, 0.3) is 11.1 Å². The van der Waals surface area contributed by atoms with Crippen molar-refractivity contribution in [3.63, 3.8) is 0 Å². The first-order chi connectivity index (χ1) is 15.8. The number of carbonyl (C=O) groups excluding carboxylic acids is 2. The molecule has 0 atom stereocenters. The molecular formula is C24H15BrCl3NO3S. The molecular weight excluding hydrogens is 569 g/mol. The van der Waals surface area contributed by atoms with Crippen LogP contribution in [-0.2, 0) is 17.9 Å². The summed E-state index contributed by atoms with van der Waals surface area (Å²) in [6.45, 7) is 0.324. The van der Waals surface area contributed by atoms with Gasteiger partial charge in [0.1, 0.15) is 12.4 Å². The molecule has 1 heterocycles. The van der Waals surface area contributed by atoms with Crippen LogP contribution in [0.5, 0.6) is 5.75 Å². The first kappa shape index (κ1) is 24.2. The zero-order valence-electron chi connectivity index (χ0n) is 16.9. The van der Waals surface area contributed by atoms with Gasteiger partial charge in [-0.25, -0.2) is 0 Å². The lowest BCUT2D eigenvalue weighted by atomic mass is 10.1. The number of rotatable bonds is 6. The van der Waals surface area contributed by atoms with Crippen molar-refractivity contribution in [3.8, 4) is 5.75 Å². The first-order valence-electron chi connectivity index (χ1n) is 9.67. The summed E-state index contributed by atoms with van der Waals surface area (Å²) in [4.78, 5) is 27.0. The lowest BCUT2D eigenvalue weighted by Crippen LogP contribution is -2.27. The fourth-order valence-electron chi connectivity index (χ4n) is 3.13. The summed E-state index contributed by atoms with van der Waals surface area (Å²) in [6, 6.07) is 17.8. The Morgan fingerprint density at radius 1 is 0.939 bits per heavy atom. The van der Waals surface area contributed by atoms with Gasteiger partial charge in [0.2, 0.25) is 0 Å². The molecule has 0 N–H and O–H groups in total. The van der Waals surface area contributed by atoms with E-state index in [1.54, 1.807) is 36.4 Å². The van der Waals surface area contributed by atoms with Gasteiger partial charge in [-0.3, -0.25) is 14.5 Å². The van der Waals surface area contributed by atoms with E-state index in [0.29, 0.717) is 36.8 Å². The molecule has 0 unspecified atom stereocenters. The summed E-state index contributed by atoms with van der Waals surface area (Å²) in [5, 5.41) is 1.12. The van der Waals surface area contributed by atoms with Crippen LogP contribution in [0.3, 0.4) is 0 Å². The fraction of sp³-hybridized carbons (Fsp3) is 0.0833. The number of benzene rings is 3. The molecule has 9 heteroatoms. The second-order valence-corrected chi connectivity index (χ2v) is 10.2. The minimum atomic E-state index is -0.395. The molecule has 0 bridgehead atoms. The van der Waals surface area contributed by atoms with Gasteiger partial charge < -0.3 is 4.74 Å². The van der Waals surface area contributed by atoms with Crippen molar-refractivity contribution in [1.82, 2.24) is 4.90 Å². The highest BCUT2D eigenvalue weighted by Crippen LogP contribution is 2.36. The topological polar surface area (TPSA) is 46.6 Å². The maximum Gasteiger partial charge on any atom is 0.293 e. The molecule has 0 aliphatic carbocycles. The van der Waals surface area contributed by atoms with E-state index in [9.17, 15) is 9.59 Å². The van der Waals surface area contributed by atoms with Gasteiger partial charge >= 0.3 is 0 Å². The maximum absolute atomic E-state index is 13.0. The lowest BCUT2D eigenvalue weighted by molar-refractivity contribution is -0.123. The van der Waals surface area contributed by atoms with E-state index in [4.69, 9.17) is 39.5 Å². The third kappa shape index (κ3) is 5.76. The average molecular weight is 584 g/mol. The highest BCUT2D eigenvalue weighted by molar-refractivity contribution is 9.10. The number of carbonyl (C=O) groups is 2. The molecule has 168 valence electrons. The Morgan fingerprint density at radius 2 is 1.73 bits per heavy atom. The predicted molar refractivity (Wildman–Crippen MR) is 138 cm³/mol. The number of amides is 2. The largest absolute Gasteiger partial charge is 0.488 e. The molecule has 1 aliphatic rings. The Morgan fingerprint density at radius 3 is 2.48 bits per heavy atom. The monoisotopic (exact) mass is 581 g/mol. The number of nitrogens with zero attached hydrogens (tertiary/aromatic N) is 1. The quantitative estimate of drug-likeness (QED) is 0.274. The van der Waals surface area contributed by atoms with E-state index in [1.807, 2.05) is 30.3 Å². The number of hydrogen-bond donors (Lipinski definition) is 0.